The summed E-state index contributed by atoms with van der Waals surface area (Å²) in [4.78, 5) is 19.1. The number of hydrogen-bond acceptors (Lipinski definition) is 6. The van der Waals surface area contributed by atoms with E-state index in [1.165, 1.54) is 6.20 Å². The molecule has 1 saturated heterocycles. The van der Waals surface area contributed by atoms with Crippen molar-refractivity contribution in [2.45, 2.75) is 19.0 Å². The van der Waals surface area contributed by atoms with Gasteiger partial charge in [-0.15, -0.1) is 0 Å². The molecule has 7 heteroatoms. The molecule has 0 amide bonds. The molecule has 3 heterocycles. The highest BCUT2D eigenvalue weighted by atomic mass is 19.1. The molecule has 1 fully saturated rings. The Labute approximate surface area is 142 Å². The maximum absolute atomic E-state index is 13.3. The van der Waals surface area contributed by atoms with Crippen molar-refractivity contribution in [2.24, 2.45) is 0 Å². The standard InChI is InChI=1S/C17H23FN6/c1-22(2)16-7-17(21-12-20-16)23(3)15-4-5-24(11-15)10-13-6-14(18)9-19-8-13/h6-9,12,15H,4-5,10-11H2,1-3H3. The molecular formula is C17H23FN6. The van der Waals surface area contributed by atoms with Crippen LogP contribution >= 0.6 is 0 Å². The van der Waals surface area contributed by atoms with E-state index in [1.54, 1.807) is 18.6 Å². The molecule has 3 rings (SSSR count). The Morgan fingerprint density at radius 2 is 1.96 bits per heavy atom. The number of aromatic nitrogens is 3. The molecule has 0 aromatic carbocycles. The molecule has 0 N–H and O–H groups in total. The van der Waals surface area contributed by atoms with Crippen LogP contribution in [0.4, 0.5) is 16.0 Å². The van der Waals surface area contributed by atoms with Gasteiger partial charge in [0.25, 0.3) is 0 Å². The second-order valence-electron chi connectivity index (χ2n) is 6.43. The van der Waals surface area contributed by atoms with Crippen molar-refractivity contribution in [1.82, 2.24) is 19.9 Å². The van der Waals surface area contributed by atoms with Crippen LogP contribution in [0.1, 0.15) is 12.0 Å². The molecule has 1 aliphatic heterocycles. The lowest BCUT2D eigenvalue weighted by molar-refractivity contribution is 0.325. The van der Waals surface area contributed by atoms with E-state index in [-0.39, 0.29) is 5.82 Å². The van der Waals surface area contributed by atoms with E-state index in [1.807, 2.05) is 25.1 Å². The largest absolute Gasteiger partial charge is 0.363 e. The summed E-state index contributed by atoms with van der Waals surface area (Å²) in [6.07, 6.45) is 5.63. The fourth-order valence-electron chi connectivity index (χ4n) is 3.03. The number of hydrogen-bond donors (Lipinski definition) is 0. The van der Waals surface area contributed by atoms with E-state index < -0.39 is 0 Å². The molecule has 0 aliphatic carbocycles. The van der Waals surface area contributed by atoms with Gasteiger partial charge < -0.3 is 9.80 Å². The molecule has 6 nitrogen and oxygen atoms in total. The molecule has 0 spiro atoms. The highest BCUT2D eigenvalue weighted by molar-refractivity contribution is 5.49. The summed E-state index contributed by atoms with van der Waals surface area (Å²) < 4.78 is 13.3. The zero-order chi connectivity index (χ0) is 17.1. The third kappa shape index (κ3) is 3.79. The van der Waals surface area contributed by atoms with Crippen molar-refractivity contribution in [2.75, 3.05) is 44.0 Å². The summed E-state index contributed by atoms with van der Waals surface area (Å²) >= 11 is 0. The predicted octanol–water partition coefficient (Wildman–Crippen LogP) is 1.79. The Bertz CT molecular complexity index is 692. The predicted molar refractivity (Wildman–Crippen MR) is 92.6 cm³/mol. The van der Waals surface area contributed by atoms with Crippen LogP contribution in [0.5, 0.6) is 0 Å². The SMILES string of the molecule is CN(C)c1cc(N(C)C2CCN(Cc3cncc(F)c3)C2)ncn1. The van der Waals surface area contributed by atoms with Crippen molar-refractivity contribution in [3.05, 3.63) is 42.2 Å². The highest BCUT2D eigenvalue weighted by Crippen LogP contribution is 2.23. The van der Waals surface area contributed by atoms with E-state index in [0.29, 0.717) is 6.04 Å². The molecular weight excluding hydrogens is 307 g/mol. The molecule has 1 atom stereocenters. The van der Waals surface area contributed by atoms with Crippen molar-refractivity contribution in [3.8, 4) is 0 Å². The summed E-state index contributed by atoms with van der Waals surface area (Å²) in [5.41, 5.74) is 0.912. The van der Waals surface area contributed by atoms with Gasteiger partial charge in [-0.05, 0) is 18.1 Å². The van der Waals surface area contributed by atoms with Crippen molar-refractivity contribution in [1.29, 1.82) is 0 Å². The van der Waals surface area contributed by atoms with Gasteiger partial charge in [0.1, 0.15) is 23.8 Å². The molecule has 2 aromatic heterocycles. The van der Waals surface area contributed by atoms with Crippen LogP contribution in [-0.2, 0) is 6.54 Å². The minimum absolute atomic E-state index is 0.280. The molecule has 0 bridgehead atoms. The van der Waals surface area contributed by atoms with Gasteiger partial charge in [0.15, 0.2) is 0 Å². The molecule has 24 heavy (non-hydrogen) atoms. The Morgan fingerprint density at radius 1 is 1.17 bits per heavy atom. The number of halogens is 1. The van der Waals surface area contributed by atoms with E-state index in [9.17, 15) is 4.39 Å². The Kier molecular flexibility index (Phi) is 4.89. The summed E-state index contributed by atoms with van der Waals surface area (Å²) in [5.74, 6) is 1.54. The molecule has 128 valence electrons. The van der Waals surface area contributed by atoms with Crippen molar-refractivity contribution in [3.63, 3.8) is 0 Å². The number of anilines is 2. The molecule has 0 saturated carbocycles. The van der Waals surface area contributed by atoms with Gasteiger partial charge in [0, 0.05) is 59.1 Å². The minimum Gasteiger partial charge on any atom is -0.363 e. The van der Waals surface area contributed by atoms with Crippen LogP contribution in [0.3, 0.4) is 0 Å². The first-order chi connectivity index (χ1) is 11.5. The Morgan fingerprint density at radius 3 is 2.71 bits per heavy atom. The van der Waals surface area contributed by atoms with Gasteiger partial charge in [0.05, 0.1) is 6.20 Å². The van der Waals surface area contributed by atoms with Gasteiger partial charge in [-0.1, -0.05) is 0 Å². The summed E-state index contributed by atoms with van der Waals surface area (Å²) in [7, 11) is 6.01. The lowest BCUT2D eigenvalue weighted by atomic mass is 10.2. The highest BCUT2D eigenvalue weighted by Gasteiger charge is 2.26. The molecule has 2 aromatic rings. The van der Waals surface area contributed by atoms with Gasteiger partial charge >= 0.3 is 0 Å². The van der Waals surface area contributed by atoms with Crippen LogP contribution in [0.25, 0.3) is 0 Å². The maximum Gasteiger partial charge on any atom is 0.141 e. The van der Waals surface area contributed by atoms with E-state index in [2.05, 4.69) is 31.8 Å². The van der Waals surface area contributed by atoms with Gasteiger partial charge in [-0.2, -0.15) is 0 Å². The smallest absolute Gasteiger partial charge is 0.141 e. The summed E-state index contributed by atoms with van der Waals surface area (Å²) in [6.45, 7) is 2.63. The first-order valence-corrected chi connectivity index (χ1v) is 8.07. The van der Waals surface area contributed by atoms with Crippen LogP contribution in [0.15, 0.2) is 30.9 Å². The maximum atomic E-state index is 13.3. The summed E-state index contributed by atoms with van der Waals surface area (Å²) in [6, 6.07) is 3.94. The topological polar surface area (TPSA) is 48.4 Å². The minimum atomic E-state index is -0.280. The fraction of sp³-hybridized carbons (Fsp3) is 0.471. The van der Waals surface area contributed by atoms with Crippen LogP contribution in [0, 0.1) is 5.82 Å². The third-order valence-corrected chi connectivity index (χ3v) is 4.42. The average molecular weight is 330 g/mol. The van der Waals surface area contributed by atoms with Crippen molar-refractivity contribution >= 4 is 11.6 Å². The second kappa shape index (κ2) is 7.09. The molecule has 1 aliphatic rings. The first-order valence-electron chi connectivity index (χ1n) is 8.07. The second-order valence-corrected chi connectivity index (χ2v) is 6.43. The quantitative estimate of drug-likeness (QED) is 0.833. The lowest BCUT2D eigenvalue weighted by Gasteiger charge is -2.26. The van der Waals surface area contributed by atoms with Gasteiger partial charge in [-0.3, -0.25) is 9.88 Å². The Balaban J connectivity index is 1.63. The van der Waals surface area contributed by atoms with E-state index in [4.69, 9.17) is 0 Å². The van der Waals surface area contributed by atoms with Gasteiger partial charge in [-0.25, -0.2) is 14.4 Å². The number of nitrogens with zero attached hydrogens (tertiary/aromatic N) is 6. The van der Waals surface area contributed by atoms with Gasteiger partial charge in [0.2, 0.25) is 0 Å². The fourth-order valence-corrected chi connectivity index (χ4v) is 3.03. The van der Waals surface area contributed by atoms with E-state index >= 15 is 0 Å². The number of rotatable bonds is 5. The van der Waals surface area contributed by atoms with Crippen LogP contribution < -0.4 is 9.80 Å². The number of pyridine rings is 1. The monoisotopic (exact) mass is 330 g/mol. The normalized spacial score (nSPS) is 17.9. The Hall–Kier alpha value is -2.28. The third-order valence-electron chi connectivity index (χ3n) is 4.42. The summed E-state index contributed by atoms with van der Waals surface area (Å²) in [5, 5.41) is 0. The van der Waals surface area contributed by atoms with Crippen LogP contribution in [0.2, 0.25) is 0 Å². The number of likely N-dealkylation sites (tertiary alicyclic amines) is 1. The average Bonchev–Trinajstić information content (AvgIpc) is 3.02. The molecule has 0 radical (unpaired) electrons. The lowest BCUT2D eigenvalue weighted by Crippen LogP contribution is -2.35. The zero-order valence-corrected chi connectivity index (χ0v) is 14.4. The van der Waals surface area contributed by atoms with Crippen LogP contribution in [-0.4, -0.2) is 60.1 Å². The first kappa shape index (κ1) is 16.6. The zero-order valence-electron chi connectivity index (χ0n) is 14.4. The molecule has 1 unspecified atom stereocenters. The van der Waals surface area contributed by atoms with Crippen molar-refractivity contribution < 1.29 is 4.39 Å². The van der Waals surface area contributed by atoms with E-state index in [0.717, 1.165) is 43.3 Å². The number of likely N-dealkylation sites (N-methyl/N-ethyl adjacent to an activating group) is 1.